The Bertz CT molecular complexity index is 337. The van der Waals surface area contributed by atoms with Crippen molar-refractivity contribution in [1.82, 2.24) is 0 Å². The highest BCUT2D eigenvalue weighted by atomic mass is 16.5. The van der Waals surface area contributed by atoms with E-state index in [1.54, 1.807) is 7.11 Å². The van der Waals surface area contributed by atoms with Gasteiger partial charge in [-0.1, -0.05) is 13.0 Å². The van der Waals surface area contributed by atoms with Crippen molar-refractivity contribution in [3.63, 3.8) is 0 Å². The Kier molecular flexibility index (Phi) is 3.97. The molecule has 1 unspecified atom stereocenters. The number of rotatable bonds is 4. The Morgan fingerprint density at radius 2 is 2.13 bits per heavy atom. The van der Waals surface area contributed by atoms with Gasteiger partial charge in [-0.3, -0.25) is 0 Å². The van der Waals surface area contributed by atoms with Gasteiger partial charge in [0.2, 0.25) is 0 Å². The molecule has 0 heterocycles. The molecule has 0 radical (unpaired) electrons. The van der Waals surface area contributed by atoms with Crippen molar-refractivity contribution in [2.24, 2.45) is 5.73 Å². The third-order valence-corrected chi connectivity index (χ3v) is 2.76. The maximum Gasteiger partial charge on any atom is 0.125 e. The van der Waals surface area contributed by atoms with Gasteiger partial charge >= 0.3 is 0 Å². The van der Waals surface area contributed by atoms with E-state index in [0.29, 0.717) is 12.3 Å². The minimum absolute atomic E-state index is 0.277. The van der Waals surface area contributed by atoms with Crippen LogP contribution in [-0.4, -0.2) is 18.8 Å². The topological polar surface area (TPSA) is 55.5 Å². The smallest absolute Gasteiger partial charge is 0.125 e. The van der Waals surface area contributed by atoms with Crippen LogP contribution in [-0.2, 0) is 0 Å². The van der Waals surface area contributed by atoms with Gasteiger partial charge in [-0.25, -0.2) is 0 Å². The summed E-state index contributed by atoms with van der Waals surface area (Å²) in [6.07, 6.45) is 0.874. The minimum Gasteiger partial charge on any atom is -0.507 e. The summed E-state index contributed by atoms with van der Waals surface area (Å²) in [4.78, 5) is 0. The highest BCUT2D eigenvalue weighted by Crippen LogP contribution is 2.35. The van der Waals surface area contributed by atoms with Crippen molar-refractivity contribution in [2.45, 2.75) is 26.2 Å². The summed E-state index contributed by atoms with van der Waals surface area (Å²) >= 11 is 0. The molecule has 0 aliphatic rings. The van der Waals surface area contributed by atoms with Gasteiger partial charge in [-0.15, -0.1) is 0 Å². The lowest BCUT2D eigenvalue weighted by atomic mass is 9.95. The Labute approximate surface area is 90.9 Å². The van der Waals surface area contributed by atoms with Crippen LogP contribution in [0.2, 0.25) is 0 Å². The SMILES string of the molecule is COc1ccc(C(C)CCN)c(O)c1C. The standard InChI is InChI=1S/C12H19NO2/c1-8(6-7-13)10-4-5-11(15-3)9(2)12(10)14/h4-5,8,14H,6-7,13H2,1-3H3. The maximum absolute atomic E-state index is 9.99. The molecule has 3 heteroatoms. The number of benzene rings is 1. The van der Waals surface area contributed by atoms with Crippen LogP contribution in [0.15, 0.2) is 12.1 Å². The Hall–Kier alpha value is -1.22. The first-order chi connectivity index (χ1) is 7.11. The zero-order valence-corrected chi connectivity index (χ0v) is 9.58. The summed E-state index contributed by atoms with van der Waals surface area (Å²) in [5.41, 5.74) is 7.24. The highest BCUT2D eigenvalue weighted by Gasteiger charge is 2.14. The first-order valence-electron chi connectivity index (χ1n) is 5.18. The second-order valence-electron chi connectivity index (χ2n) is 3.81. The van der Waals surface area contributed by atoms with Gasteiger partial charge in [0.05, 0.1) is 7.11 Å². The van der Waals surface area contributed by atoms with Gasteiger partial charge in [0.1, 0.15) is 11.5 Å². The fourth-order valence-electron chi connectivity index (χ4n) is 1.73. The van der Waals surface area contributed by atoms with Crippen LogP contribution in [0.25, 0.3) is 0 Å². The van der Waals surface area contributed by atoms with Gasteiger partial charge in [0.25, 0.3) is 0 Å². The lowest BCUT2D eigenvalue weighted by Crippen LogP contribution is -2.05. The van der Waals surface area contributed by atoms with Gasteiger partial charge in [-0.2, -0.15) is 0 Å². The Balaban J connectivity index is 3.06. The van der Waals surface area contributed by atoms with Crippen molar-refractivity contribution < 1.29 is 9.84 Å². The number of phenols is 1. The van der Waals surface area contributed by atoms with Crippen LogP contribution in [0.1, 0.15) is 30.4 Å². The lowest BCUT2D eigenvalue weighted by molar-refractivity contribution is 0.400. The predicted octanol–water partition coefficient (Wildman–Crippen LogP) is 2.16. The van der Waals surface area contributed by atoms with Crippen LogP contribution in [0.4, 0.5) is 0 Å². The van der Waals surface area contributed by atoms with E-state index in [9.17, 15) is 5.11 Å². The third-order valence-electron chi connectivity index (χ3n) is 2.76. The molecule has 0 saturated heterocycles. The van der Waals surface area contributed by atoms with Gasteiger partial charge in [-0.05, 0) is 37.4 Å². The molecular formula is C12H19NO2. The third kappa shape index (κ3) is 2.42. The molecule has 84 valence electrons. The van der Waals surface area contributed by atoms with E-state index < -0.39 is 0 Å². The summed E-state index contributed by atoms with van der Waals surface area (Å²) in [6, 6.07) is 3.79. The van der Waals surface area contributed by atoms with Crippen molar-refractivity contribution in [1.29, 1.82) is 0 Å². The molecule has 1 rings (SSSR count). The zero-order valence-electron chi connectivity index (χ0n) is 9.58. The van der Waals surface area contributed by atoms with E-state index >= 15 is 0 Å². The largest absolute Gasteiger partial charge is 0.507 e. The van der Waals surface area contributed by atoms with Crippen molar-refractivity contribution >= 4 is 0 Å². The fourth-order valence-corrected chi connectivity index (χ4v) is 1.73. The molecule has 1 aromatic carbocycles. The number of hydrogen-bond acceptors (Lipinski definition) is 3. The summed E-state index contributed by atoms with van der Waals surface area (Å²) in [6.45, 7) is 4.55. The van der Waals surface area contributed by atoms with E-state index in [1.165, 1.54) is 0 Å². The number of phenolic OH excluding ortho intramolecular Hbond substituents is 1. The quantitative estimate of drug-likeness (QED) is 0.799. The van der Waals surface area contributed by atoms with Crippen molar-refractivity contribution in [3.05, 3.63) is 23.3 Å². The van der Waals surface area contributed by atoms with Crippen molar-refractivity contribution in [2.75, 3.05) is 13.7 Å². The van der Waals surface area contributed by atoms with Gasteiger partial charge in [0.15, 0.2) is 0 Å². The lowest BCUT2D eigenvalue weighted by Gasteiger charge is -2.15. The van der Waals surface area contributed by atoms with Gasteiger partial charge < -0.3 is 15.6 Å². The predicted molar refractivity (Wildman–Crippen MR) is 61.5 cm³/mol. The first-order valence-corrected chi connectivity index (χ1v) is 5.18. The Morgan fingerprint density at radius 1 is 1.47 bits per heavy atom. The summed E-state index contributed by atoms with van der Waals surface area (Å²) in [7, 11) is 1.60. The summed E-state index contributed by atoms with van der Waals surface area (Å²) in [5, 5.41) is 9.99. The van der Waals surface area contributed by atoms with Crippen LogP contribution in [0.3, 0.4) is 0 Å². The average Bonchev–Trinajstić information content (AvgIpc) is 2.22. The first kappa shape index (κ1) is 11.9. The number of methoxy groups -OCH3 is 1. The molecule has 15 heavy (non-hydrogen) atoms. The number of nitrogens with two attached hydrogens (primary N) is 1. The van der Waals surface area contributed by atoms with E-state index in [-0.39, 0.29) is 5.92 Å². The van der Waals surface area contributed by atoms with Crippen LogP contribution in [0.5, 0.6) is 11.5 Å². The average molecular weight is 209 g/mol. The molecule has 3 nitrogen and oxygen atoms in total. The second-order valence-corrected chi connectivity index (χ2v) is 3.81. The molecule has 0 bridgehead atoms. The van der Waals surface area contributed by atoms with E-state index in [4.69, 9.17) is 10.5 Å². The van der Waals surface area contributed by atoms with Gasteiger partial charge in [0, 0.05) is 5.56 Å². The monoisotopic (exact) mass is 209 g/mol. The molecule has 1 aromatic rings. The fraction of sp³-hybridized carbons (Fsp3) is 0.500. The number of ether oxygens (including phenoxy) is 1. The molecule has 0 aromatic heterocycles. The van der Waals surface area contributed by atoms with Crippen LogP contribution >= 0.6 is 0 Å². The molecule has 0 fully saturated rings. The number of hydrogen-bond donors (Lipinski definition) is 2. The molecule has 0 aliphatic carbocycles. The summed E-state index contributed by atoms with van der Waals surface area (Å²) in [5.74, 6) is 1.33. The van der Waals surface area contributed by atoms with Crippen LogP contribution < -0.4 is 10.5 Å². The minimum atomic E-state index is 0.277. The number of aromatic hydroxyl groups is 1. The molecule has 0 saturated carbocycles. The molecule has 1 atom stereocenters. The molecule has 3 N–H and O–H groups in total. The second kappa shape index (κ2) is 5.03. The molecular weight excluding hydrogens is 190 g/mol. The van der Waals surface area contributed by atoms with E-state index in [1.807, 2.05) is 19.1 Å². The maximum atomic E-state index is 9.99. The molecule has 0 spiro atoms. The molecule has 0 aliphatic heterocycles. The highest BCUT2D eigenvalue weighted by molar-refractivity contribution is 5.49. The van der Waals surface area contributed by atoms with Crippen LogP contribution in [0, 0.1) is 6.92 Å². The van der Waals surface area contributed by atoms with E-state index in [2.05, 4.69) is 6.92 Å². The van der Waals surface area contributed by atoms with Crippen molar-refractivity contribution in [3.8, 4) is 11.5 Å². The summed E-state index contributed by atoms with van der Waals surface area (Å²) < 4.78 is 5.14. The van der Waals surface area contributed by atoms with E-state index in [0.717, 1.165) is 23.3 Å². The normalized spacial score (nSPS) is 12.5. The molecule has 0 amide bonds. The zero-order chi connectivity index (χ0) is 11.4. The Morgan fingerprint density at radius 3 is 2.67 bits per heavy atom.